The molecule has 86 valence electrons. The van der Waals surface area contributed by atoms with Crippen LogP contribution in [-0.4, -0.2) is 12.1 Å². The Hall–Kier alpha value is -1.74. The molecule has 0 amide bonds. The van der Waals surface area contributed by atoms with Crippen LogP contribution in [0.2, 0.25) is 0 Å². The Morgan fingerprint density at radius 2 is 1.65 bits per heavy atom. The summed E-state index contributed by atoms with van der Waals surface area (Å²) in [5.74, 6) is 0.742. The molecule has 2 nitrogen and oxygen atoms in total. The van der Waals surface area contributed by atoms with Gasteiger partial charge >= 0.3 is 7.12 Å². The summed E-state index contributed by atoms with van der Waals surface area (Å²) in [4.78, 5) is 0. The van der Waals surface area contributed by atoms with Gasteiger partial charge in [-0.3, -0.25) is 0 Å². The van der Waals surface area contributed by atoms with E-state index >= 15 is 0 Å². The topological polar surface area (TPSA) is 29.5 Å². The quantitative estimate of drug-likeness (QED) is 0.808. The van der Waals surface area contributed by atoms with Crippen LogP contribution in [0.3, 0.4) is 0 Å². The van der Waals surface area contributed by atoms with Crippen molar-refractivity contribution in [2.75, 3.05) is 0 Å². The molecule has 1 N–H and O–H groups in total. The number of aryl methyl sites for hydroxylation is 1. The number of hydrogen-bond donors (Lipinski definition) is 1. The van der Waals surface area contributed by atoms with Crippen molar-refractivity contribution in [1.29, 1.82) is 0 Å². The van der Waals surface area contributed by atoms with Crippen LogP contribution < -0.4 is 10.1 Å². The minimum absolute atomic E-state index is 0.742. The summed E-state index contributed by atoms with van der Waals surface area (Å²) in [6.07, 6.45) is 0.887. The highest BCUT2D eigenvalue weighted by atomic mass is 16.5. The van der Waals surface area contributed by atoms with Crippen molar-refractivity contribution in [3.8, 4) is 5.75 Å². The van der Waals surface area contributed by atoms with Gasteiger partial charge in [-0.25, -0.2) is 0 Å². The maximum absolute atomic E-state index is 9.97. The van der Waals surface area contributed by atoms with Gasteiger partial charge in [0.2, 0.25) is 0 Å². The number of para-hydroxylation sites is 1. The number of hydrogen-bond acceptors (Lipinski definition) is 2. The van der Waals surface area contributed by atoms with E-state index in [1.54, 1.807) is 0 Å². The lowest BCUT2D eigenvalue weighted by molar-refractivity contribution is 0.430. The van der Waals surface area contributed by atoms with Gasteiger partial charge < -0.3 is 9.68 Å². The van der Waals surface area contributed by atoms with Crippen LogP contribution in [0.25, 0.3) is 0 Å². The molecule has 0 atom stereocenters. The minimum Gasteiger partial charge on any atom is -0.532 e. The number of rotatable bonds is 4. The summed E-state index contributed by atoms with van der Waals surface area (Å²) in [6, 6.07) is 17.1. The van der Waals surface area contributed by atoms with Gasteiger partial charge in [0.25, 0.3) is 0 Å². The highest BCUT2D eigenvalue weighted by Crippen LogP contribution is 2.18. The van der Waals surface area contributed by atoms with E-state index in [4.69, 9.17) is 4.65 Å². The summed E-state index contributed by atoms with van der Waals surface area (Å²) < 4.78 is 5.58. The molecule has 0 aliphatic rings. The Morgan fingerprint density at radius 3 is 2.35 bits per heavy atom. The van der Waals surface area contributed by atoms with Crippen molar-refractivity contribution in [3.05, 3.63) is 60.2 Å². The van der Waals surface area contributed by atoms with Gasteiger partial charge in [0.1, 0.15) is 5.75 Å². The first-order valence-corrected chi connectivity index (χ1v) is 5.79. The van der Waals surface area contributed by atoms with E-state index in [0.717, 1.165) is 23.2 Å². The van der Waals surface area contributed by atoms with Gasteiger partial charge in [-0.05, 0) is 23.5 Å². The van der Waals surface area contributed by atoms with Crippen LogP contribution in [0.5, 0.6) is 5.75 Å². The third kappa shape index (κ3) is 2.89. The second-order valence-corrected chi connectivity index (χ2v) is 3.84. The summed E-state index contributed by atoms with van der Waals surface area (Å²) in [5, 5.41) is 9.97. The first-order valence-electron chi connectivity index (χ1n) is 5.79. The second-order valence-electron chi connectivity index (χ2n) is 3.84. The lowest BCUT2D eigenvalue weighted by Gasteiger charge is -2.13. The first kappa shape index (κ1) is 11.7. The van der Waals surface area contributed by atoms with E-state index in [1.165, 1.54) is 0 Å². The molecule has 2 rings (SSSR count). The summed E-state index contributed by atoms with van der Waals surface area (Å²) >= 11 is 0. The normalized spacial score (nSPS) is 10.0. The monoisotopic (exact) mass is 226 g/mol. The van der Waals surface area contributed by atoms with Crippen LogP contribution in [0.15, 0.2) is 54.6 Å². The van der Waals surface area contributed by atoms with Crippen molar-refractivity contribution in [1.82, 2.24) is 0 Å². The maximum Gasteiger partial charge on any atom is 0.560 e. The molecule has 0 spiro atoms. The molecule has 0 aliphatic heterocycles. The zero-order chi connectivity index (χ0) is 12.1. The molecule has 0 heterocycles. The fraction of sp³-hybridized carbons (Fsp3) is 0.143. The summed E-state index contributed by atoms with van der Waals surface area (Å²) in [5.41, 5.74) is 1.86. The van der Waals surface area contributed by atoms with E-state index in [1.807, 2.05) is 54.6 Å². The maximum atomic E-state index is 9.97. The predicted molar refractivity (Wildman–Crippen MR) is 70.5 cm³/mol. The fourth-order valence-electron chi connectivity index (χ4n) is 1.72. The summed E-state index contributed by atoms with van der Waals surface area (Å²) in [6.45, 7) is 2.07. The molecule has 0 radical (unpaired) electrons. The van der Waals surface area contributed by atoms with E-state index in [2.05, 4.69) is 6.92 Å². The second kappa shape index (κ2) is 5.55. The van der Waals surface area contributed by atoms with E-state index in [0.29, 0.717) is 0 Å². The van der Waals surface area contributed by atoms with Crippen molar-refractivity contribution >= 4 is 12.6 Å². The zero-order valence-corrected chi connectivity index (χ0v) is 9.84. The van der Waals surface area contributed by atoms with Gasteiger partial charge in [-0.1, -0.05) is 55.5 Å². The average Bonchev–Trinajstić information content (AvgIpc) is 2.40. The minimum atomic E-state index is -0.913. The molecule has 2 aromatic rings. The lowest BCUT2D eigenvalue weighted by Crippen LogP contribution is -2.36. The molecule has 0 bridgehead atoms. The van der Waals surface area contributed by atoms with E-state index in [9.17, 15) is 5.02 Å². The number of benzene rings is 2. The lowest BCUT2D eigenvalue weighted by atomic mass is 9.79. The molecule has 0 saturated carbocycles. The van der Waals surface area contributed by atoms with Gasteiger partial charge in [-0.15, -0.1) is 0 Å². The Balaban J connectivity index is 2.16. The third-order valence-corrected chi connectivity index (χ3v) is 2.68. The van der Waals surface area contributed by atoms with Crippen LogP contribution >= 0.6 is 0 Å². The Labute approximate surface area is 102 Å². The predicted octanol–water partition coefficient (Wildman–Crippen LogP) is 2.02. The zero-order valence-electron chi connectivity index (χ0n) is 9.84. The molecular weight excluding hydrogens is 211 g/mol. The molecular formula is C14H15BO2. The molecule has 0 aliphatic carbocycles. The molecule has 0 unspecified atom stereocenters. The molecule has 2 aromatic carbocycles. The highest BCUT2D eigenvalue weighted by Gasteiger charge is 2.18. The van der Waals surface area contributed by atoms with Crippen LogP contribution in [0.4, 0.5) is 0 Å². The summed E-state index contributed by atoms with van der Waals surface area (Å²) in [7, 11) is -0.913. The van der Waals surface area contributed by atoms with Gasteiger partial charge in [0.15, 0.2) is 0 Å². The SMILES string of the molecule is CCc1ccccc1OB(O)c1ccccc1. The largest absolute Gasteiger partial charge is 0.560 e. The van der Waals surface area contributed by atoms with Crippen LogP contribution in [0.1, 0.15) is 12.5 Å². The van der Waals surface area contributed by atoms with Crippen LogP contribution in [-0.2, 0) is 6.42 Å². The molecule has 17 heavy (non-hydrogen) atoms. The van der Waals surface area contributed by atoms with Crippen molar-refractivity contribution in [3.63, 3.8) is 0 Å². The standard InChI is InChI=1S/C14H15BO2/c1-2-12-8-6-7-11-14(12)17-15(16)13-9-4-3-5-10-13/h3-11,16H,2H2,1H3. The van der Waals surface area contributed by atoms with Gasteiger partial charge in [-0.2, -0.15) is 0 Å². The Kier molecular flexibility index (Phi) is 3.83. The highest BCUT2D eigenvalue weighted by molar-refractivity contribution is 6.60. The van der Waals surface area contributed by atoms with E-state index in [-0.39, 0.29) is 0 Å². The van der Waals surface area contributed by atoms with Crippen molar-refractivity contribution in [2.45, 2.75) is 13.3 Å². The van der Waals surface area contributed by atoms with Crippen molar-refractivity contribution in [2.24, 2.45) is 0 Å². The average molecular weight is 226 g/mol. The van der Waals surface area contributed by atoms with Crippen molar-refractivity contribution < 1.29 is 9.68 Å². The smallest absolute Gasteiger partial charge is 0.532 e. The van der Waals surface area contributed by atoms with Gasteiger partial charge in [0.05, 0.1) is 0 Å². The fourth-order valence-corrected chi connectivity index (χ4v) is 1.72. The Morgan fingerprint density at radius 1 is 1.00 bits per heavy atom. The molecule has 0 aromatic heterocycles. The molecule has 0 fully saturated rings. The van der Waals surface area contributed by atoms with Gasteiger partial charge in [0, 0.05) is 0 Å². The van der Waals surface area contributed by atoms with Crippen LogP contribution in [0, 0.1) is 0 Å². The first-order chi connectivity index (χ1) is 8.31. The van der Waals surface area contributed by atoms with E-state index < -0.39 is 7.12 Å². The Bertz CT molecular complexity index is 471. The third-order valence-electron chi connectivity index (χ3n) is 2.68. The molecule has 0 saturated heterocycles. The molecule has 3 heteroatoms.